The molecule has 0 fully saturated rings. The molecule has 6 rings (SSSR count). The number of hydrogen-bond acceptors (Lipinski definition) is 7. The van der Waals surface area contributed by atoms with Crippen molar-refractivity contribution < 1.29 is 19.3 Å². The number of aromatic nitrogens is 1. The van der Waals surface area contributed by atoms with Crippen LogP contribution < -0.4 is 24.8 Å². The van der Waals surface area contributed by atoms with E-state index in [9.17, 15) is 9.90 Å². The Bertz CT molecular complexity index is 1780. The first-order valence-electron chi connectivity index (χ1n) is 13.3. The molecule has 2 heterocycles. The zero-order valence-electron chi connectivity index (χ0n) is 22.7. The average Bonchev–Trinajstić information content (AvgIpc) is 3.45. The Kier molecular flexibility index (Phi) is 7.04. The smallest absolute Gasteiger partial charge is 0.261 e. The van der Waals surface area contributed by atoms with Crippen molar-refractivity contribution in [1.29, 1.82) is 0 Å². The molecule has 0 bridgehead atoms. The van der Waals surface area contributed by atoms with Gasteiger partial charge in [-0.1, -0.05) is 48.5 Å². The highest BCUT2D eigenvalue weighted by molar-refractivity contribution is 6.08. The van der Waals surface area contributed by atoms with E-state index >= 15 is 0 Å². The number of nitrogens with zero attached hydrogens (tertiary/aromatic N) is 2. The van der Waals surface area contributed by atoms with E-state index in [4.69, 9.17) is 19.3 Å². The predicted molar refractivity (Wildman–Crippen MR) is 159 cm³/mol. The van der Waals surface area contributed by atoms with E-state index in [2.05, 4.69) is 4.98 Å². The standard InChI is InChI=1S/C33H29N3O5/c1-39-29-17-12-22(18-30(29)40-2)28-19-27(31-32(37)25-10-6-7-11-26(25)34-33(31)38)35-36(28)23-13-15-24(16-14-23)41-20-21-8-4-3-5-9-21/h3-18,28H,19-20H2,1-2H3,(H2,34,37,38). The summed E-state index contributed by atoms with van der Waals surface area (Å²) in [4.78, 5) is 16.1. The summed E-state index contributed by atoms with van der Waals surface area (Å²) < 4.78 is 17.0. The number of nitrogens with one attached hydrogen (secondary N) is 1. The van der Waals surface area contributed by atoms with Crippen LogP contribution in [-0.4, -0.2) is 30.0 Å². The Morgan fingerprint density at radius 2 is 1.63 bits per heavy atom. The molecule has 8 heteroatoms. The van der Waals surface area contributed by atoms with Gasteiger partial charge in [0.05, 0.1) is 37.2 Å². The third-order valence-electron chi connectivity index (χ3n) is 7.24. The number of ether oxygens (including phenoxy) is 3. The van der Waals surface area contributed by atoms with E-state index in [1.807, 2.05) is 89.9 Å². The zero-order chi connectivity index (χ0) is 28.3. The number of hydrazone groups is 1. The number of hydrogen-bond donors (Lipinski definition) is 2. The predicted octanol–water partition coefficient (Wildman–Crippen LogP) is 6.19. The number of fused-ring (bicyclic) bond motifs is 1. The van der Waals surface area contributed by atoms with Crippen LogP contribution in [0.5, 0.6) is 23.0 Å². The number of rotatable bonds is 8. The van der Waals surface area contributed by atoms with Crippen LogP contribution >= 0.6 is 0 Å². The van der Waals surface area contributed by atoms with Crippen LogP contribution in [0.1, 0.15) is 29.2 Å². The molecule has 8 nitrogen and oxygen atoms in total. The highest BCUT2D eigenvalue weighted by atomic mass is 16.5. The quantitative estimate of drug-likeness (QED) is 0.241. The zero-order valence-corrected chi connectivity index (χ0v) is 22.7. The Labute approximate surface area is 237 Å². The summed E-state index contributed by atoms with van der Waals surface area (Å²) in [5.41, 5.74) is 3.64. The van der Waals surface area contributed by atoms with Crippen molar-refractivity contribution in [1.82, 2.24) is 4.98 Å². The maximum absolute atomic E-state index is 13.2. The van der Waals surface area contributed by atoms with E-state index in [-0.39, 0.29) is 17.4 Å². The van der Waals surface area contributed by atoms with Gasteiger partial charge in [0, 0.05) is 11.8 Å². The number of aromatic amines is 1. The number of benzene rings is 4. The normalized spacial score (nSPS) is 14.6. The summed E-state index contributed by atoms with van der Waals surface area (Å²) in [6.45, 7) is 0.463. The van der Waals surface area contributed by atoms with Gasteiger partial charge in [-0.3, -0.25) is 9.80 Å². The maximum atomic E-state index is 13.2. The van der Waals surface area contributed by atoms with Crippen LogP contribution in [-0.2, 0) is 6.61 Å². The fourth-order valence-corrected chi connectivity index (χ4v) is 5.15. The van der Waals surface area contributed by atoms with Crippen molar-refractivity contribution in [3.8, 4) is 23.0 Å². The summed E-state index contributed by atoms with van der Waals surface area (Å²) in [5.74, 6) is 1.85. The number of methoxy groups -OCH3 is 2. The van der Waals surface area contributed by atoms with E-state index in [0.29, 0.717) is 41.1 Å². The molecule has 1 aromatic heterocycles. The second-order valence-corrected chi connectivity index (χ2v) is 9.72. The third-order valence-corrected chi connectivity index (χ3v) is 7.24. The molecule has 0 spiro atoms. The van der Waals surface area contributed by atoms with E-state index in [0.717, 1.165) is 22.6 Å². The fourth-order valence-electron chi connectivity index (χ4n) is 5.15. The molecule has 5 aromatic rings. The first-order chi connectivity index (χ1) is 20.1. The summed E-state index contributed by atoms with van der Waals surface area (Å²) in [7, 11) is 3.19. The molecule has 1 aliphatic heterocycles. The maximum Gasteiger partial charge on any atom is 0.261 e. The molecular weight excluding hydrogens is 518 g/mol. The molecule has 0 amide bonds. The molecular formula is C33H29N3O5. The minimum absolute atomic E-state index is 0.0827. The molecule has 0 saturated heterocycles. The van der Waals surface area contributed by atoms with Crippen molar-refractivity contribution in [2.24, 2.45) is 5.10 Å². The Morgan fingerprint density at radius 3 is 2.39 bits per heavy atom. The van der Waals surface area contributed by atoms with Gasteiger partial charge in [0.2, 0.25) is 0 Å². The minimum atomic E-state index is -0.391. The Hall–Kier alpha value is -5.24. The molecule has 2 N–H and O–H groups in total. The second-order valence-electron chi connectivity index (χ2n) is 9.72. The highest BCUT2D eigenvalue weighted by Crippen LogP contribution is 2.41. The molecule has 0 saturated carbocycles. The lowest BCUT2D eigenvalue weighted by atomic mass is 9.97. The van der Waals surface area contributed by atoms with Gasteiger partial charge in [-0.25, -0.2) is 0 Å². The molecule has 41 heavy (non-hydrogen) atoms. The molecule has 0 radical (unpaired) electrons. The summed E-state index contributed by atoms with van der Waals surface area (Å²) >= 11 is 0. The lowest BCUT2D eigenvalue weighted by molar-refractivity contribution is 0.306. The van der Waals surface area contributed by atoms with Gasteiger partial charge < -0.3 is 24.3 Å². The molecule has 1 atom stereocenters. The number of anilines is 1. The minimum Gasteiger partial charge on any atom is -0.506 e. The van der Waals surface area contributed by atoms with Crippen LogP contribution in [0.15, 0.2) is 107 Å². The largest absolute Gasteiger partial charge is 0.506 e. The van der Waals surface area contributed by atoms with Crippen molar-refractivity contribution in [3.05, 3.63) is 124 Å². The number of aromatic hydroxyl groups is 1. The first-order valence-corrected chi connectivity index (χ1v) is 13.3. The molecule has 206 valence electrons. The summed E-state index contributed by atoms with van der Waals surface area (Å²) in [6, 6.07) is 30.3. The van der Waals surface area contributed by atoms with Crippen LogP contribution in [0.3, 0.4) is 0 Å². The SMILES string of the molecule is COc1ccc(C2CC(c3c(O)c4ccccc4[nH]c3=O)=NN2c2ccc(OCc3ccccc3)cc2)cc1OC. The van der Waals surface area contributed by atoms with Gasteiger partial charge in [-0.2, -0.15) is 5.10 Å². The highest BCUT2D eigenvalue weighted by Gasteiger charge is 2.33. The van der Waals surface area contributed by atoms with Crippen LogP contribution in [0.25, 0.3) is 10.9 Å². The molecule has 0 aliphatic carbocycles. The van der Waals surface area contributed by atoms with Gasteiger partial charge in [0.25, 0.3) is 5.56 Å². The lowest BCUT2D eigenvalue weighted by Crippen LogP contribution is -2.19. The van der Waals surface area contributed by atoms with E-state index in [1.165, 1.54) is 0 Å². The average molecular weight is 548 g/mol. The van der Waals surface area contributed by atoms with Crippen LogP contribution in [0.2, 0.25) is 0 Å². The monoisotopic (exact) mass is 547 g/mol. The van der Waals surface area contributed by atoms with Crippen LogP contribution in [0, 0.1) is 0 Å². The molecule has 1 unspecified atom stereocenters. The lowest BCUT2D eigenvalue weighted by Gasteiger charge is -2.25. The summed E-state index contributed by atoms with van der Waals surface area (Å²) in [5, 5.41) is 18.5. The Morgan fingerprint density at radius 1 is 0.902 bits per heavy atom. The first kappa shape index (κ1) is 26.0. The van der Waals surface area contributed by atoms with Crippen molar-refractivity contribution in [3.63, 3.8) is 0 Å². The van der Waals surface area contributed by atoms with Crippen molar-refractivity contribution in [2.45, 2.75) is 19.1 Å². The number of para-hydroxylation sites is 1. The van der Waals surface area contributed by atoms with E-state index < -0.39 is 5.56 Å². The molecule has 4 aromatic carbocycles. The summed E-state index contributed by atoms with van der Waals surface area (Å²) in [6.07, 6.45) is 0.386. The van der Waals surface area contributed by atoms with Gasteiger partial charge in [0.1, 0.15) is 23.7 Å². The van der Waals surface area contributed by atoms with Gasteiger partial charge in [-0.15, -0.1) is 0 Å². The van der Waals surface area contributed by atoms with Crippen LogP contribution in [0.4, 0.5) is 5.69 Å². The fraction of sp³-hybridized carbons (Fsp3) is 0.152. The van der Waals surface area contributed by atoms with E-state index in [1.54, 1.807) is 26.4 Å². The van der Waals surface area contributed by atoms with Gasteiger partial charge in [-0.05, 0) is 59.7 Å². The second kappa shape index (κ2) is 11.1. The number of pyridine rings is 1. The molecule has 1 aliphatic rings. The van der Waals surface area contributed by atoms with Crippen molar-refractivity contribution >= 4 is 22.3 Å². The van der Waals surface area contributed by atoms with Crippen molar-refractivity contribution in [2.75, 3.05) is 19.2 Å². The third kappa shape index (κ3) is 5.07. The number of H-pyrrole nitrogens is 1. The topological polar surface area (TPSA) is 96.4 Å². The van der Waals surface area contributed by atoms with Gasteiger partial charge >= 0.3 is 0 Å². The van der Waals surface area contributed by atoms with Gasteiger partial charge in [0.15, 0.2) is 11.5 Å². The Balaban J connectivity index is 1.38.